The zero-order valence-corrected chi connectivity index (χ0v) is 13.0. The van der Waals surface area contributed by atoms with Gasteiger partial charge in [-0.15, -0.1) is 0 Å². The van der Waals surface area contributed by atoms with Crippen molar-refractivity contribution in [1.82, 2.24) is 4.90 Å². The van der Waals surface area contributed by atoms with Gasteiger partial charge in [0.25, 0.3) is 11.1 Å². The Morgan fingerprint density at radius 3 is 2.50 bits per heavy atom. The van der Waals surface area contributed by atoms with Crippen molar-refractivity contribution in [1.29, 1.82) is 0 Å². The van der Waals surface area contributed by atoms with Gasteiger partial charge in [-0.25, -0.2) is 4.39 Å². The van der Waals surface area contributed by atoms with Crippen LogP contribution in [0.15, 0.2) is 48.5 Å². The molecule has 0 radical (unpaired) electrons. The second kappa shape index (κ2) is 7.00. The minimum absolute atomic E-state index is 0.302. The fourth-order valence-electron chi connectivity index (χ4n) is 1.63. The van der Waals surface area contributed by atoms with Crippen molar-refractivity contribution in [3.8, 4) is 5.75 Å². The lowest BCUT2D eigenvalue weighted by atomic mass is 10.2. The molecule has 0 heterocycles. The molecule has 0 fully saturated rings. The summed E-state index contributed by atoms with van der Waals surface area (Å²) in [6, 6.07) is 12.2. The molecule has 0 atom stereocenters. The first-order valence-electron chi connectivity index (χ1n) is 6.52. The summed E-state index contributed by atoms with van der Waals surface area (Å²) in [7, 11) is 3.54. The maximum Gasteiger partial charge on any atom is 0.264 e. The Hall–Kier alpha value is -2.47. The quantitative estimate of drug-likeness (QED) is 0.882. The molecule has 2 aromatic rings. The van der Waals surface area contributed by atoms with E-state index >= 15 is 0 Å². The van der Waals surface area contributed by atoms with E-state index in [2.05, 4.69) is 5.32 Å². The summed E-state index contributed by atoms with van der Waals surface area (Å²) in [6.07, 6.45) is 0. The Labute approximate surface area is 133 Å². The average Bonchev–Trinajstić information content (AvgIpc) is 2.49. The Balaban J connectivity index is 2.09. The molecule has 114 valence electrons. The van der Waals surface area contributed by atoms with Gasteiger partial charge in [0.1, 0.15) is 11.6 Å². The number of hydrogen-bond donors (Lipinski definition) is 1. The van der Waals surface area contributed by atoms with Crippen LogP contribution in [0.4, 0.5) is 10.1 Å². The van der Waals surface area contributed by atoms with E-state index in [0.717, 1.165) is 0 Å². The number of halogens is 1. The summed E-state index contributed by atoms with van der Waals surface area (Å²) in [5.74, 6) is -0.191. The molecule has 0 unspecified atom stereocenters. The van der Waals surface area contributed by atoms with Crippen LogP contribution in [0.1, 0.15) is 10.4 Å². The van der Waals surface area contributed by atoms with E-state index in [1.165, 1.54) is 24.3 Å². The van der Waals surface area contributed by atoms with Crippen molar-refractivity contribution in [2.45, 2.75) is 0 Å². The molecule has 0 spiro atoms. The van der Waals surface area contributed by atoms with Crippen LogP contribution in [0, 0.1) is 5.82 Å². The zero-order chi connectivity index (χ0) is 16.1. The fourth-order valence-corrected chi connectivity index (χ4v) is 1.73. The first kappa shape index (κ1) is 15.9. The van der Waals surface area contributed by atoms with Crippen LogP contribution < -0.4 is 10.1 Å². The molecule has 0 aliphatic heterocycles. The smallest absolute Gasteiger partial charge is 0.264 e. The van der Waals surface area contributed by atoms with Crippen molar-refractivity contribution >= 4 is 29.0 Å². The van der Waals surface area contributed by atoms with E-state index in [4.69, 9.17) is 17.0 Å². The van der Waals surface area contributed by atoms with Crippen LogP contribution in [-0.4, -0.2) is 30.1 Å². The van der Waals surface area contributed by atoms with E-state index < -0.39 is 0 Å². The number of thiocarbonyl (C=S) groups is 1. The maximum absolute atomic E-state index is 12.8. The van der Waals surface area contributed by atoms with Crippen LogP contribution in [0.25, 0.3) is 0 Å². The predicted octanol–water partition coefficient (Wildman–Crippen LogP) is 3.30. The maximum atomic E-state index is 12.8. The summed E-state index contributed by atoms with van der Waals surface area (Å²) in [6.45, 7) is 0. The lowest BCUT2D eigenvalue weighted by Crippen LogP contribution is -2.25. The van der Waals surface area contributed by atoms with E-state index in [-0.39, 0.29) is 11.7 Å². The third-order valence-corrected chi connectivity index (χ3v) is 3.22. The van der Waals surface area contributed by atoms with Crippen LogP contribution in [-0.2, 0) is 0 Å². The van der Waals surface area contributed by atoms with Gasteiger partial charge in [0, 0.05) is 25.3 Å². The van der Waals surface area contributed by atoms with Gasteiger partial charge in [-0.1, -0.05) is 6.07 Å². The number of benzene rings is 2. The molecule has 0 aliphatic rings. The SMILES string of the molecule is CN(C)C(=S)Oc1cccc(C(=O)Nc2ccc(F)cc2)c1. The third kappa shape index (κ3) is 4.26. The van der Waals surface area contributed by atoms with Gasteiger partial charge in [-0.05, 0) is 54.7 Å². The van der Waals surface area contributed by atoms with E-state index in [9.17, 15) is 9.18 Å². The van der Waals surface area contributed by atoms with Crippen molar-refractivity contribution in [3.63, 3.8) is 0 Å². The molecule has 1 amide bonds. The molecule has 2 aromatic carbocycles. The van der Waals surface area contributed by atoms with Gasteiger partial charge in [0.05, 0.1) is 0 Å². The molecular formula is C16H15FN2O2S. The molecule has 6 heteroatoms. The monoisotopic (exact) mass is 318 g/mol. The lowest BCUT2D eigenvalue weighted by Gasteiger charge is -2.14. The highest BCUT2D eigenvalue weighted by Crippen LogP contribution is 2.16. The Morgan fingerprint density at radius 1 is 1.18 bits per heavy atom. The first-order chi connectivity index (χ1) is 10.5. The van der Waals surface area contributed by atoms with Gasteiger partial charge in [-0.2, -0.15) is 0 Å². The van der Waals surface area contributed by atoms with Crippen molar-refractivity contribution in [2.24, 2.45) is 0 Å². The van der Waals surface area contributed by atoms with Gasteiger partial charge in [0.15, 0.2) is 0 Å². The van der Waals surface area contributed by atoms with Gasteiger partial charge in [0.2, 0.25) is 0 Å². The standard InChI is InChI=1S/C16H15FN2O2S/c1-19(2)16(22)21-14-5-3-4-11(10-14)15(20)18-13-8-6-12(17)7-9-13/h3-10H,1-2H3,(H,18,20). The molecule has 4 nitrogen and oxygen atoms in total. The number of hydrogen-bond acceptors (Lipinski definition) is 3. The minimum Gasteiger partial charge on any atom is -0.432 e. The Bertz CT molecular complexity index is 687. The molecule has 0 saturated heterocycles. The number of ether oxygens (including phenoxy) is 1. The largest absolute Gasteiger partial charge is 0.432 e. The highest BCUT2D eigenvalue weighted by Gasteiger charge is 2.09. The topological polar surface area (TPSA) is 41.6 Å². The normalized spacial score (nSPS) is 9.95. The van der Waals surface area contributed by atoms with Crippen LogP contribution in [0.2, 0.25) is 0 Å². The minimum atomic E-state index is -0.356. The summed E-state index contributed by atoms with van der Waals surface area (Å²) in [4.78, 5) is 13.8. The van der Waals surface area contributed by atoms with E-state index in [0.29, 0.717) is 22.2 Å². The molecule has 22 heavy (non-hydrogen) atoms. The first-order valence-corrected chi connectivity index (χ1v) is 6.92. The summed E-state index contributed by atoms with van der Waals surface area (Å²) >= 11 is 5.05. The molecule has 1 N–H and O–H groups in total. The molecular weight excluding hydrogens is 303 g/mol. The summed E-state index contributed by atoms with van der Waals surface area (Å²) in [5.41, 5.74) is 0.935. The molecule has 0 saturated carbocycles. The van der Waals surface area contributed by atoms with Crippen LogP contribution >= 0.6 is 12.2 Å². The summed E-state index contributed by atoms with van der Waals surface area (Å²) < 4.78 is 18.3. The molecule has 0 aromatic heterocycles. The number of carbonyl (C=O) groups excluding carboxylic acids is 1. The molecule has 0 aliphatic carbocycles. The number of carbonyl (C=O) groups is 1. The number of rotatable bonds is 3. The molecule has 0 bridgehead atoms. The predicted molar refractivity (Wildman–Crippen MR) is 87.7 cm³/mol. The van der Waals surface area contributed by atoms with Crippen molar-refractivity contribution in [2.75, 3.05) is 19.4 Å². The van der Waals surface area contributed by atoms with Gasteiger partial charge in [-0.3, -0.25) is 4.79 Å². The van der Waals surface area contributed by atoms with Crippen molar-refractivity contribution < 1.29 is 13.9 Å². The Morgan fingerprint density at radius 2 is 1.86 bits per heavy atom. The highest BCUT2D eigenvalue weighted by molar-refractivity contribution is 7.80. The number of anilines is 1. The van der Waals surface area contributed by atoms with Gasteiger partial charge < -0.3 is 15.0 Å². The molecule has 2 rings (SSSR count). The van der Waals surface area contributed by atoms with E-state index in [1.54, 1.807) is 43.3 Å². The number of amides is 1. The zero-order valence-electron chi connectivity index (χ0n) is 12.2. The highest BCUT2D eigenvalue weighted by atomic mass is 32.1. The average molecular weight is 318 g/mol. The second-order valence-electron chi connectivity index (χ2n) is 4.75. The van der Waals surface area contributed by atoms with E-state index in [1.807, 2.05) is 0 Å². The second-order valence-corrected chi connectivity index (χ2v) is 5.10. The fraction of sp³-hybridized carbons (Fsp3) is 0.125. The lowest BCUT2D eigenvalue weighted by molar-refractivity contribution is 0.102. The third-order valence-electron chi connectivity index (χ3n) is 2.77. The van der Waals surface area contributed by atoms with Crippen LogP contribution in [0.3, 0.4) is 0 Å². The van der Waals surface area contributed by atoms with Crippen LogP contribution in [0.5, 0.6) is 5.75 Å². The Kier molecular flexibility index (Phi) is 5.06. The number of nitrogens with one attached hydrogen (secondary N) is 1. The van der Waals surface area contributed by atoms with Gasteiger partial charge >= 0.3 is 0 Å². The summed E-state index contributed by atoms with van der Waals surface area (Å²) in [5, 5.41) is 2.99. The van der Waals surface area contributed by atoms with Crippen molar-refractivity contribution in [3.05, 3.63) is 59.9 Å². The number of nitrogens with zero attached hydrogens (tertiary/aromatic N) is 1.